The van der Waals surface area contributed by atoms with E-state index in [1.54, 1.807) is 12.1 Å². The number of unbranched alkanes of at least 4 members (excludes halogenated alkanes) is 3. The number of hydrogen-bond acceptors (Lipinski definition) is 5. The summed E-state index contributed by atoms with van der Waals surface area (Å²) in [7, 11) is 0.218. The zero-order chi connectivity index (χ0) is 29.4. The Morgan fingerprint density at radius 1 is 0.854 bits per heavy atom. The van der Waals surface area contributed by atoms with Gasteiger partial charge in [-0.25, -0.2) is 13.1 Å². The second kappa shape index (κ2) is 13.6. The van der Waals surface area contributed by atoms with E-state index in [4.69, 9.17) is 0 Å². The van der Waals surface area contributed by atoms with Crippen molar-refractivity contribution < 1.29 is 18.0 Å². The minimum absolute atomic E-state index is 0.217. The van der Waals surface area contributed by atoms with Crippen LogP contribution in [0.15, 0.2) is 71.8 Å². The monoisotopic (exact) mass is 577 g/mol. The van der Waals surface area contributed by atoms with Crippen molar-refractivity contribution in [2.75, 3.05) is 32.1 Å². The predicted octanol–water partition coefficient (Wildman–Crippen LogP) is 4.09. The van der Waals surface area contributed by atoms with Gasteiger partial charge in [0.2, 0.25) is 21.8 Å². The minimum Gasteiger partial charge on any atom is -0.377 e. The van der Waals surface area contributed by atoms with E-state index in [1.165, 1.54) is 6.92 Å². The van der Waals surface area contributed by atoms with E-state index in [9.17, 15) is 18.0 Å². The summed E-state index contributed by atoms with van der Waals surface area (Å²) in [4.78, 5) is 30.1. The van der Waals surface area contributed by atoms with E-state index in [1.807, 2.05) is 73.7 Å². The highest BCUT2D eigenvalue weighted by Crippen LogP contribution is 2.30. The quantitative estimate of drug-likeness (QED) is 0.168. The summed E-state index contributed by atoms with van der Waals surface area (Å²) in [5.74, 6) is -0.472. The predicted molar refractivity (Wildman–Crippen MR) is 165 cm³/mol. The average Bonchev–Trinajstić information content (AvgIpc) is 3.35. The van der Waals surface area contributed by atoms with Gasteiger partial charge in [-0.3, -0.25) is 9.59 Å². The van der Waals surface area contributed by atoms with Crippen molar-refractivity contribution in [3.8, 4) is 0 Å². The van der Waals surface area contributed by atoms with Crippen molar-refractivity contribution in [3.63, 3.8) is 0 Å². The first kappa shape index (κ1) is 30.1. The number of nitrogens with one attached hydrogen (secondary N) is 4. The fourth-order valence-electron chi connectivity index (χ4n) is 5.09. The number of H-pyrrole nitrogens is 1. The number of carbonyl (C=O) groups is 2. The maximum absolute atomic E-state index is 13.1. The molecule has 0 spiro atoms. The number of carbonyl (C=O) groups excluding carboxylic acids is 2. The molecule has 0 aliphatic carbocycles. The topological polar surface area (TPSA) is 123 Å². The van der Waals surface area contributed by atoms with Gasteiger partial charge in [-0.05, 0) is 36.6 Å². The minimum atomic E-state index is -3.66. The summed E-state index contributed by atoms with van der Waals surface area (Å²) in [5.41, 5.74) is 2.92. The summed E-state index contributed by atoms with van der Waals surface area (Å²) in [6.07, 6.45) is 5.38. The lowest BCUT2D eigenvalue weighted by Gasteiger charge is -2.17. The van der Waals surface area contributed by atoms with E-state index in [0.29, 0.717) is 31.3 Å². The van der Waals surface area contributed by atoms with Crippen LogP contribution in [0, 0.1) is 0 Å². The third-order valence-corrected chi connectivity index (χ3v) is 8.64. The number of nitrogens with zero attached hydrogens (tertiary/aromatic N) is 1. The molecule has 10 heteroatoms. The molecule has 218 valence electrons. The molecule has 4 N–H and O–H groups in total. The largest absolute Gasteiger partial charge is 0.377 e. The standard InChI is InChI=1S/C31H39N5O4S/c1-22(37)35-28(20-23-21-33-27-15-7-6-12-24(23)27)31(38)32-18-8-4-5-9-19-34-41(39,40)30-17-11-13-25-26(30)14-10-16-29(25)36(2)3/h6-7,10-17,21,28,33-34H,4-5,8-9,18-20H2,1-3H3,(H,32,38)(H,35,37). The van der Waals surface area contributed by atoms with E-state index < -0.39 is 16.1 Å². The molecule has 41 heavy (non-hydrogen) atoms. The molecule has 4 aromatic rings. The number of benzene rings is 3. The molecule has 0 fully saturated rings. The Kier molecular flexibility index (Phi) is 10.0. The van der Waals surface area contributed by atoms with Crippen LogP contribution in [0.25, 0.3) is 21.7 Å². The molecule has 3 aromatic carbocycles. The highest BCUT2D eigenvalue weighted by Gasteiger charge is 2.21. The first-order valence-corrected chi connectivity index (χ1v) is 15.4. The molecule has 1 unspecified atom stereocenters. The van der Waals surface area contributed by atoms with Crippen LogP contribution in [0.1, 0.15) is 38.2 Å². The summed E-state index contributed by atoms with van der Waals surface area (Å²) in [6, 6.07) is 18.2. The lowest BCUT2D eigenvalue weighted by Crippen LogP contribution is -2.47. The second-order valence-corrected chi connectivity index (χ2v) is 12.2. The molecular weight excluding hydrogens is 538 g/mol. The summed E-state index contributed by atoms with van der Waals surface area (Å²) in [5, 5.41) is 8.33. The number of hydrogen-bond donors (Lipinski definition) is 4. The number of rotatable bonds is 14. The van der Waals surface area contributed by atoms with Crippen LogP contribution < -0.4 is 20.3 Å². The Labute approximate surface area is 241 Å². The van der Waals surface area contributed by atoms with E-state index in [-0.39, 0.29) is 16.7 Å². The molecule has 0 aliphatic rings. The zero-order valence-corrected chi connectivity index (χ0v) is 24.7. The fourth-order valence-corrected chi connectivity index (χ4v) is 6.38. The first-order valence-electron chi connectivity index (χ1n) is 14.0. The van der Waals surface area contributed by atoms with Gasteiger partial charge in [0.05, 0.1) is 4.90 Å². The molecule has 0 radical (unpaired) electrons. The van der Waals surface area contributed by atoms with Crippen LogP contribution in [0.5, 0.6) is 0 Å². The van der Waals surface area contributed by atoms with Crippen LogP contribution in [-0.4, -0.2) is 58.4 Å². The summed E-state index contributed by atoms with van der Waals surface area (Å²) >= 11 is 0. The van der Waals surface area contributed by atoms with Crippen LogP contribution >= 0.6 is 0 Å². The molecule has 1 atom stereocenters. The molecule has 1 heterocycles. The molecule has 1 aromatic heterocycles. The molecule has 9 nitrogen and oxygen atoms in total. The van der Waals surface area contributed by atoms with Crippen molar-refractivity contribution in [2.24, 2.45) is 0 Å². The van der Waals surface area contributed by atoms with Gasteiger partial charge in [0.15, 0.2) is 0 Å². The van der Waals surface area contributed by atoms with E-state index in [0.717, 1.165) is 46.8 Å². The second-order valence-electron chi connectivity index (χ2n) is 10.4. The summed E-state index contributed by atoms with van der Waals surface area (Å²) in [6.45, 7) is 2.23. The summed E-state index contributed by atoms with van der Waals surface area (Å²) < 4.78 is 28.9. The van der Waals surface area contributed by atoms with Gasteiger partial charge in [0, 0.05) is 74.1 Å². The van der Waals surface area contributed by atoms with Crippen molar-refractivity contribution in [1.29, 1.82) is 0 Å². The van der Waals surface area contributed by atoms with Gasteiger partial charge in [-0.15, -0.1) is 0 Å². The number of fused-ring (bicyclic) bond motifs is 2. The van der Waals surface area contributed by atoms with Crippen LogP contribution in [0.4, 0.5) is 5.69 Å². The Hall–Kier alpha value is -3.89. The SMILES string of the molecule is CC(=O)NC(Cc1c[nH]c2ccccc12)C(=O)NCCCCCCNS(=O)(=O)c1cccc2c(N(C)C)cccc12. The lowest BCUT2D eigenvalue weighted by atomic mass is 10.0. The fraction of sp³-hybridized carbons (Fsp3) is 0.355. The number of anilines is 1. The molecule has 0 aliphatic heterocycles. The smallest absolute Gasteiger partial charge is 0.242 e. The number of amides is 2. The molecule has 2 amide bonds. The molecule has 4 rings (SSSR count). The van der Waals surface area contributed by atoms with Crippen molar-refractivity contribution >= 4 is 49.2 Å². The van der Waals surface area contributed by atoms with E-state index >= 15 is 0 Å². The highest BCUT2D eigenvalue weighted by atomic mass is 32.2. The molecule has 0 saturated carbocycles. The Balaban J connectivity index is 1.21. The van der Waals surface area contributed by atoms with Gasteiger partial charge >= 0.3 is 0 Å². The van der Waals surface area contributed by atoms with Crippen molar-refractivity contribution in [1.82, 2.24) is 20.3 Å². The number of sulfonamides is 1. The third-order valence-electron chi connectivity index (χ3n) is 7.12. The van der Waals surface area contributed by atoms with Crippen LogP contribution in [0.3, 0.4) is 0 Å². The number of aromatic amines is 1. The maximum atomic E-state index is 13.1. The Morgan fingerprint density at radius 2 is 1.54 bits per heavy atom. The molecule has 0 bridgehead atoms. The normalized spacial score (nSPS) is 12.4. The number of para-hydroxylation sites is 1. The average molecular weight is 578 g/mol. The lowest BCUT2D eigenvalue weighted by molar-refractivity contribution is -0.128. The number of aromatic nitrogens is 1. The molecular formula is C31H39N5O4S. The zero-order valence-electron chi connectivity index (χ0n) is 23.9. The first-order chi connectivity index (χ1) is 19.7. The maximum Gasteiger partial charge on any atom is 0.242 e. The van der Waals surface area contributed by atoms with Gasteiger partial charge < -0.3 is 20.5 Å². The molecule has 0 saturated heterocycles. The van der Waals surface area contributed by atoms with Crippen molar-refractivity contribution in [3.05, 3.63) is 72.4 Å². The van der Waals surface area contributed by atoms with Crippen molar-refractivity contribution in [2.45, 2.75) is 50.0 Å². The van der Waals surface area contributed by atoms with E-state index in [2.05, 4.69) is 20.3 Å². The van der Waals surface area contributed by atoms with Gasteiger partial charge in [0.25, 0.3) is 0 Å². The van der Waals surface area contributed by atoms with Crippen LogP contribution in [-0.2, 0) is 26.0 Å². The Morgan fingerprint density at radius 3 is 2.29 bits per heavy atom. The van der Waals surface area contributed by atoms with Crippen LogP contribution in [0.2, 0.25) is 0 Å². The van der Waals surface area contributed by atoms with Gasteiger partial charge in [-0.1, -0.05) is 55.3 Å². The third kappa shape index (κ3) is 7.65. The highest BCUT2D eigenvalue weighted by molar-refractivity contribution is 7.89. The Bertz CT molecular complexity index is 1610. The van der Waals surface area contributed by atoms with Gasteiger partial charge in [-0.2, -0.15) is 0 Å². The van der Waals surface area contributed by atoms with Gasteiger partial charge in [0.1, 0.15) is 6.04 Å².